The molecular weight excluding hydrogens is 372 g/mol. The maximum Gasteiger partial charge on any atom is 0.291 e. The number of nitrogens with zero attached hydrogens (tertiary/aromatic N) is 4. The molecule has 0 amide bonds. The minimum Gasteiger partial charge on any atom is -0.396 e. The molecule has 0 aromatic heterocycles. The fraction of sp³-hybridized carbons (Fsp3) is 1.00. The van der Waals surface area contributed by atoms with Crippen LogP contribution in [0.3, 0.4) is 0 Å². The molecule has 0 atom stereocenters. The second kappa shape index (κ2) is 22.9. The Labute approximate surface area is 135 Å². The lowest BCUT2D eigenvalue weighted by Crippen LogP contribution is -2.37. The van der Waals surface area contributed by atoms with Crippen LogP contribution in [-0.4, -0.2) is 88.0 Å². The maximum atomic E-state index is 8.50. The van der Waals surface area contributed by atoms with Crippen molar-refractivity contribution in [3.05, 3.63) is 40.5 Å². The van der Waals surface area contributed by atoms with E-state index in [-0.39, 0.29) is 0 Å². The average Bonchev–Trinajstić information content (AvgIpc) is 2.39. The number of hydrogen-bond acceptors (Lipinski definition) is 12. The maximum absolute atomic E-state index is 8.50. The summed E-state index contributed by atoms with van der Waals surface area (Å²) in [4.78, 5) is 33.4. The smallest absolute Gasteiger partial charge is 0.291 e. The van der Waals surface area contributed by atoms with Crippen LogP contribution in [0.2, 0.25) is 0 Å². The van der Waals surface area contributed by atoms with Crippen LogP contribution in [-0.2, 0) is 0 Å². The van der Waals surface area contributed by atoms with Crippen LogP contribution in [0.25, 0.3) is 0 Å². The summed E-state index contributed by atoms with van der Waals surface area (Å²) in [6, 6.07) is 0. The van der Waals surface area contributed by atoms with Crippen molar-refractivity contribution in [2.24, 2.45) is 5.41 Å². The summed E-state index contributed by atoms with van der Waals surface area (Å²) in [7, 11) is 0. The van der Waals surface area contributed by atoms with Crippen molar-refractivity contribution >= 4 is 0 Å². The Balaban J connectivity index is -0.0000000714. The van der Waals surface area contributed by atoms with Crippen molar-refractivity contribution in [2.75, 3.05) is 26.4 Å². The first-order valence-corrected chi connectivity index (χ1v) is 4.94. The third kappa shape index (κ3) is 96.1. The van der Waals surface area contributed by atoms with Gasteiger partial charge in [0, 0.05) is 0 Å². The lowest BCUT2D eigenvalue weighted by molar-refractivity contribution is -0.742. The first kappa shape index (κ1) is 33.3. The highest BCUT2D eigenvalue weighted by Crippen LogP contribution is 2.11. The van der Waals surface area contributed by atoms with Gasteiger partial charge in [0.15, 0.2) is 0 Å². The molecule has 0 rings (SSSR count). The average molecular weight is 388 g/mol. The second-order valence-electron chi connectivity index (χ2n) is 3.08. The largest absolute Gasteiger partial charge is 0.396 e. The molecule has 0 spiro atoms. The summed E-state index contributed by atoms with van der Waals surface area (Å²) in [6.45, 7) is -1.62. The lowest BCUT2D eigenvalue weighted by atomic mass is 9.93. The van der Waals surface area contributed by atoms with Crippen molar-refractivity contribution in [1.29, 1.82) is 0 Å². The zero-order chi connectivity index (χ0) is 21.6. The van der Waals surface area contributed by atoms with Crippen molar-refractivity contribution in [2.45, 2.75) is 0 Å². The standard InChI is InChI=1S/C5H12O4.4HNO3/c6-1-5(2-7,3-8)4-9;4*2-1(3)4/h6-9H,1-4H2;4*(H,2,3,4). The van der Waals surface area contributed by atoms with Crippen molar-refractivity contribution < 1.29 is 61.6 Å². The van der Waals surface area contributed by atoms with E-state index in [2.05, 4.69) is 0 Å². The molecule has 0 aliphatic carbocycles. The highest BCUT2D eigenvalue weighted by molar-refractivity contribution is 4.74. The molecule has 0 aliphatic heterocycles. The number of rotatable bonds is 4. The molecule has 152 valence electrons. The molecule has 0 radical (unpaired) electrons. The van der Waals surface area contributed by atoms with Crippen LogP contribution in [0.15, 0.2) is 0 Å². The van der Waals surface area contributed by atoms with Gasteiger partial charge in [-0.3, -0.25) is 0 Å². The van der Waals surface area contributed by atoms with Gasteiger partial charge in [-0.15, -0.1) is 40.5 Å². The van der Waals surface area contributed by atoms with Crippen LogP contribution >= 0.6 is 0 Å². The first-order valence-electron chi connectivity index (χ1n) is 4.94. The zero-order valence-corrected chi connectivity index (χ0v) is 12.0. The van der Waals surface area contributed by atoms with Gasteiger partial charge in [-0.25, -0.2) is 0 Å². The van der Waals surface area contributed by atoms with E-state index in [0.717, 1.165) is 0 Å². The fourth-order valence-corrected chi connectivity index (χ4v) is 0.300. The van der Waals surface area contributed by atoms with Crippen LogP contribution in [0, 0.1) is 45.9 Å². The van der Waals surface area contributed by atoms with E-state index in [4.69, 9.17) is 81.7 Å². The normalized spacial score (nSPS) is 8.16. The molecule has 8 N–H and O–H groups in total. The highest BCUT2D eigenvalue weighted by Gasteiger charge is 2.26. The number of hydrogen-bond donors (Lipinski definition) is 8. The molecule has 25 heavy (non-hydrogen) atoms. The van der Waals surface area contributed by atoms with Gasteiger partial charge >= 0.3 is 0 Å². The Morgan fingerprint density at radius 2 is 0.600 bits per heavy atom. The Hall–Kier alpha value is -3.36. The van der Waals surface area contributed by atoms with E-state index in [1.807, 2.05) is 0 Å². The SMILES string of the molecule is O=[N+]([O-])O.O=[N+]([O-])O.O=[N+]([O-])O.O=[N+]([O-])O.OCC(CO)(CO)CO. The molecular formula is C5H16N4O16. The van der Waals surface area contributed by atoms with Gasteiger partial charge in [-0.05, 0) is 0 Å². The summed E-state index contributed by atoms with van der Waals surface area (Å²) in [5.41, 5.74) is -1.11. The number of aliphatic hydroxyl groups excluding tert-OH is 4. The number of aliphatic hydroxyl groups is 4. The molecule has 0 unspecified atom stereocenters. The molecule has 0 fully saturated rings. The summed E-state index contributed by atoms with van der Waals surface area (Å²) < 4.78 is 0. The molecule has 20 nitrogen and oxygen atoms in total. The molecule has 0 heterocycles. The van der Waals surface area contributed by atoms with Gasteiger partial charge < -0.3 is 41.3 Å². The van der Waals surface area contributed by atoms with Gasteiger partial charge in [0.1, 0.15) is 0 Å². The Morgan fingerprint density at radius 1 is 0.520 bits per heavy atom. The zero-order valence-electron chi connectivity index (χ0n) is 12.0. The Morgan fingerprint density at radius 3 is 0.600 bits per heavy atom. The Kier molecular flexibility index (Phi) is 30.5. The quantitative estimate of drug-likeness (QED) is 0.171. The minimum absolute atomic E-state index is 0.406. The van der Waals surface area contributed by atoms with E-state index in [0.29, 0.717) is 0 Å². The second-order valence-corrected chi connectivity index (χ2v) is 3.08. The van der Waals surface area contributed by atoms with Gasteiger partial charge in [0.2, 0.25) is 0 Å². The fourth-order valence-electron chi connectivity index (χ4n) is 0.300. The van der Waals surface area contributed by atoms with Crippen molar-refractivity contribution in [3.63, 3.8) is 0 Å². The highest BCUT2D eigenvalue weighted by atomic mass is 16.9. The molecule has 0 aliphatic rings. The van der Waals surface area contributed by atoms with Crippen molar-refractivity contribution in [1.82, 2.24) is 0 Å². The molecule has 0 bridgehead atoms. The minimum atomic E-state index is -1.50. The van der Waals surface area contributed by atoms with Crippen LogP contribution in [0.4, 0.5) is 0 Å². The van der Waals surface area contributed by atoms with Crippen LogP contribution in [0.1, 0.15) is 0 Å². The predicted molar refractivity (Wildman–Crippen MR) is 65.9 cm³/mol. The van der Waals surface area contributed by atoms with Crippen molar-refractivity contribution in [3.8, 4) is 0 Å². The van der Waals surface area contributed by atoms with E-state index in [9.17, 15) is 0 Å². The topological polar surface area (TPSA) is 334 Å². The molecule has 0 aromatic rings. The summed E-state index contributed by atoms with van der Waals surface area (Å²) >= 11 is 0. The van der Waals surface area contributed by atoms with Gasteiger partial charge in [-0.1, -0.05) is 0 Å². The monoisotopic (exact) mass is 388 g/mol. The van der Waals surface area contributed by atoms with E-state index < -0.39 is 52.2 Å². The van der Waals surface area contributed by atoms with Gasteiger partial charge in [0.05, 0.1) is 31.8 Å². The summed E-state index contributed by atoms with van der Waals surface area (Å²) in [5.74, 6) is 0. The van der Waals surface area contributed by atoms with E-state index >= 15 is 0 Å². The van der Waals surface area contributed by atoms with Crippen LogP contribution < -0.4 is 0 Å². The summed E-state index contributed by atoms with van der Waals surface area (Å²) in [6.07, 6.45) is 0. The van der Waals surface area contributed by atoms with E-state index in [1.54, 1.807) is 0 Å². The molecule has 0 aromatic carbocycles. The van der Waals surface area contributed by atoms with Gasteiger partial charge in [-0.2, -0.15) is 0 Å². The summed E-state index contributed by atoms with van der Waals surface area (Å²) in [5, 5.41) is 88.5. The van der Waals surface area contributed by atoms with Gasteiger partial charge in [0.25, 0.3) is 20.3 Å². The lowest BCUT2D eigenvalue weighted by Gasteiger charge is -2.23. The Bertz CT molecular complexity index is 275. The van der Waals surface area contributed by atoms with E-state index in [1.165, 1.54) is 0 Å². The molecule has 0 saturated carbocycles. The third-order valence-electron chi connectivity index (χ3n) is 1.34. The predicted octanol–water partition coefficient (Wildman–Crippen LogP) is -3.45. The van der Waals surface area contributed by atoms with Crippen LogP contribution in [0.5, 0.6) is 0 Å². The molecule has 0 saturated heterocycles. The molecule has 20 heteroatoms. The third-order valence-corrected chi connectivity index (χ3v) is 1.34. The first-order chi connectivity index (χ1) is 11.2.